The standard InChI is InChI=1S/C17H35N3O3S.HI/c1-7-18-16(19-10-9-15(14(3)4)23-8-2)20-11-12-24(21,22)17(5,6)13-20;/h14-15H,7-13H2,1-6H3,(H,18,19);1H. The monoisotopic (exact) mass is 489 g/mol. The molecule has 1 unspecified atom stereocenters. The molecule has 1 aliphatic rings. The largest absolute Gasteiger partial charge is 0.378 e. The van der Waals surface area contributed by atoms with Gasteiger partial charge in [-0.2, -0.15) is 0 Å². The Bertz CT molecular complexity index is 521. The quantitative estimate of drug-likeness (QED) is 0.338. The lowest BCUT2D eigenvalue weighted by Gasteiger charge is -2.39. The van der Waals surface area contributed by atoms with Gasteiger partial charge in [-0.25, -0.2) is 8.42 Å². The molecule has 1 fully saturated rings. The molecule has 0 radical (unpaired) electrons. The van der Waals surface area contributed by atoms with E-state index in [1.807, 2.05) is 13.8 Å². The van der Waals surface area contributed by atoms with Gasteiger partial charge in [0, 0.05) is 32.8 Å². The van der Waals surface area contributed by atoms with Gasteiger partial charge in [-0.15, -0.1) is 24.0 Å². The van der Waals surface area contributed by atoms with Crippen molar-refractivity contribution in [2.45, 2.75) is 58.8 Å². The molecule has 0 saturated carbocycles. The van der Waals surface area contributed by atoms with E-state index < -0.39 is 14.6 Å². The predicted molar refractivity (Wildman–Crippen MR) is 116 cm³/mol. The van der Waals surface area contributed by atoms with E-state index in [2.05, 4.69) is 24.1 Å². The molecular formula is C17H36IN3O3S. The highest BCUT2D eigenvalue weighted by atomic mass is 127. The van der Waals surface area contributed by atoms with E-state index in [1.165, 1.54) is 0 Å². The van der Waals surface area contributed by atoms with Gasteiger partial charge in [0.05, 0.1) is 16.6 Å². The number of sulfone groups is 1. The number of ether oxygens (including phenoxy) is 1. The summed E-state index contributed by atoms with van der Waals surface area (Å²) < 4.78 is 29.4. The summed E-state index contributed by atoms with van der Waals surface area (Å²) in [5.41, 5.74) is 0. The lowest BCUT2D eigenvalue weighted by molar-refractivity contribution is 0.0266. The maximum atomic E-state index is 12.2. The first kappa shape index (κ1) is 24.9. The Balaban J connectivity index is 0.00000576. The van der Waals surface area contributed by atoms with Crippen molar-refractivity contribution < 1.29 is 13.2 Å². The molecule has 1 heterocycles. The van der Waals surface area contributed by atoms with Crippen LogP contribution in [0.15, 0.2) is 4.99 Å². The average molecular weight is 489 g/mol. The van der Waals surface area contributed by atoms with Crippen molar-refractivity contribution in [3.05, 3.63) is 0 Å². The van der Waals surface area contributed by atoms with Gasteiger partial charge in [0.1, 0.15) is 0 Å². The van der Waals surface area contributed by atoms with Crippen molar-refractivity contribution >= 4 is 39.8 Å². The first-order chi connectivity index (χ1) is 11.1. The molecule has 25 heavy (non-hydrogen) atoms. The Morgan fingerprint density at radius 3 is 2.44 bits per heavy atom. The Kier molecular flexibility index (Phi) is 10.9. The zero-order valence-electron chi connectivity index (χ0n) is 16.5. The van der Waals surface area contributed by atoms with Gasteiger partial charge in [0.15, 0.2) is 15.8 Å². The van der Waals surface area contributed by atoms with Gasteiger partial charge in [-0.1, -0.05) is 13.8 Å². The minimum Gasteiger partial charge on any atom is -0.378 e. The van der Waals surface area contributed by atoms with Crippen LogP contribution in [-0.4, -0.2) is 68.7 Å². The molecule has 1 atom stereocenters. The van der Waals surface area contributed by atoms with Crippen LogP contribution in [0.5, 0.6) is 0 Å². The van der Waals surface area contributed by atoms with E-state index >= 15 is 0 Å². The molecule has 1 N–H and O–H groups in total. The summed E-state index contributed by atoms with van der Waals surface area (Å²) >= 11 is 0. The first-order valence-electron chi connectivity index (χ1n) is 9.01. The topological polar surface area (TPSA) is 71.0 Å². The highest BCUT2D eigenvalue weighted by Crippen LogP contribution is 2.23. The van der Waals surface area contributed by atoms with Crippen LogP contribution in [0.1, 0.15) is 48.0 Å². The smallest absolute Gasteiger partial charge is 0.193 e. The third-order valence-electron chi connectivity index (χ3n) is 4.48. The number of halogens is 1. The van der Waals surface area contributed by atoms with Crippen LogP contribution in [0.4, 0.5) is 0 Å². The minimum absolute atomic E-state index is 0. The minimum atomic E-state index is -3.04. The van der Waals surface area contributed by atoms with E-state index in [1.54, 1.807) is 13.8 Å². The second-order valence-corrected chi connectivity index (χ2v) is 10.0. The van der Waals surface area contributed by atoms with E-state index in [9.17, 15) is 8.42 Å². The SMILES string of the molecule is CCNC(=NCCC(OCC)C(C)C)N1CCS(=O)(=O)C(C)(C)C1.I. The number of rotatable bonds is 7. The van der Waals surface area contributed by atoms with Crippen molar-refractivity contribution in [1.82, 2.24) is 10.2 Å². The summed E-state index contributed by atoms with van der Waals surface area (Å²) in [5, 5.41) is 3.29. The van der Waals surface area contributed by atoms with Crippen LogP contribution < -0.4 is 5.32 Å². The molecule has 0 aliphatic carbocycles. The van der Waals surface area contributed by atoms with E-state index in [0.717, 1.165) is 18.9 Å². The molecule has 0 aromatic rings. The fourth-order valence-corrected chi connectivity index (χ4v) is 4.24. The second-order valence-electron chi connectivity index (χ2n) is 7.26. The Labute approximate surface area is 171 Å². The van der Waals surface area contributed by atoms with Crippen LogP contribution in [0.3, 0.4) is 0 Å². The van der Waals surface area contributed by atoms with Gasteiger partial charge in [0.25, 0.3) is 0 Å². The zero-order valence-corrected chi connectivity index (χ0v) is 19.7. The summed E-state index contributed by atoms with van der Waals surface area (Å²) in [4.78, 5) is 6.78. The third-order valence-corrected chi connectivity index (χ3v) is 7.01. The number of nitrogens with one attached hydrogen (secondary N) is 1. The average Bonchev–Trinajstić information content (AvgIpc) is 2.48. The fraction of sp³-hybridized carbons (Fsp3) is 0.941. The van der Waals surface area contributed by atoms with E-state index in [4.69, 9.17) is 9.73 Å². The lowest BCUT2D eigenvalue weighted by atomic mass is 10.0. The number of hydrogen-bond acceptors (Lipinski definition) is 4. The maximum absolute atomic E-state index is 12.2. The number of nitrogens with zero attached hydrogens (tertiary/aromatic N) is 2. The van der Waals surface area contributed by atoms with Gasteiger partial charge in [0.2, 0.25) is 0 Å². The molecule has 0 spiro atoms. The Hall–Kier alpha value is -0.0900. The highest BCUT2D eigenvalue weighted by Gasteiger charge is 2.40. The summed E-state index contributed by atoms with van der Waals surface area (Å²) in [6.07, 6.45) is 1.08. The molecular weight excluding hydrogens is 453 g/mol. The number of hydrogen-bond donors (Lipinski definition) is 1. The first-order valence-corrected chi connectivity index (χ1v) is 10.7. The van der Waals surface area contributed by atoms with Crippen LogP contribution in [0.25, 0.3) is 0 Å². The van der Waals surface area contributed by atoms with Crippen LogP contribution >= 0.6 is 24.0 Å². The van der Waals surface area contributed by atoms with Crippen molar-refractivity contribution in [3.63, 3.8) is 0 Å². The van der Waals surface area contributed by atoms with Crippen LogP contribution in [0, 0.1) is 5.92 Å². The van der Waals surface area contributed by atoms with Gasteiger partial charge < -0.3 is 15.0 Å². The normalized spacial score (nSPS) is 20.9. The summed E-state index contributed by atoms with van der Waals surface area (Å²) in [6.45, 7) is 15.1. The molecule has 0 aromatic carbocycles. The molecule has 150 valence electrons. The molecule has 1 aliphatic heterocycles. The van der Waals surface area contributed by atoms with Crippen molar-refractivity contribution in [1.29, 1.82) is 0 Å². The van der Waals surface area contributed by atoms with Gasteiger partial charge >= 0.3 is 0 Å². The Morgan fingerprint density at radius 2 is 1.96 bits per heavy atom. The molecule has 0 bridgehead atoms. The predicted octanol–water partition coefficient (Wildman–Crippen LogP) is 2.53. The second kappa shape index (κ2) is 10.9. The summed E-state index contributed by atoms with van der Waals surface area (Å²) in [7, 11) is -3.04. The van der Waals surface area contributed by atoms with Crippen LogP contribution in [0.2, 0.25) is 0 Å². The Morgan fingerprint density at radius 1 is 1.32 bits per heavy atom. The molecule has 1 saturated heterocycles. The van der Waals surface area contributed by atoms with Crippen molar-refractivity contribution in [3.8, 4) is 0 Å². The molecule has 1 rings (SSSR count). The van der Waals surface area contributed by atoms with Crippen molar-refractivity contribution in [2.75, 3.05) is 38.5 Å². The molecule has 0 aromatic heterocycles. The van der Waals surface area contributed by atoms with Crippen LogP contribution in [-0.2, 0) is 14.6 Å². The summed E-state index contributed by atoms with van der Waals surface area (Å²) in [5.74, 6) is 1.44. The lowest BCUT2D eigenvalue weighted by Crippen LogP contribution is -2.57. The van der Waals surface area contributed by atoms with E-state index in [0.29, 0.717) is 32.2 Å². The highest BCUT2D eigenvalue weighted by molar-refractivity contribution is 14.0. The van der Waals surface area contributed by atoms with Gasteiger partial charge in [-0.3, -0.25) is 4.99 Å². The molecule has 0 amide bonds. The fourth-order valence-electron chi connectivity index (χ4n) is 2.87. The molecule has 6 nitrogen and oxygen atoms in total. The maximum Gasteiger partial charge on any atom is 0.193 e. The zero-order chi connectivity index (χ0) is 18.4. The van der Waals surface area contributed by atoms with Crippen molar-refractivity contribution in [2.24, 2.45) is 10.9 Å². The van der Waals surface area contributed by atoms with E-state index in [-0.39, 0.29) is 35.8 Å². The van der Waals surface area contributed by atoms with Gasteiger partial charge in [-0.05, 0) is 40.0 Å². The number of guanidine groups is 1. The third kappa shape index (κ3) is 7.21. The number of aliphatic imine (C=N–C) groups is 1. The summed E-state index contributed by atoms with van der Waals surface area (Å²) in [6, 6.07) is 0. The molecule has 8 heteroatoms.